The minimum Gasteiger partial charge on any atom is -0.394 e. The van der Waals surface area contributed by atoms with Gasteiger partial charge in [0.25, 0.3) is 0 Å². The second-order valence-corrected chi connectivity index (χ2v) is 25.0. The molecule has 0 rings (SSSR count). The lowest BCUT2D eigenvalue weighted by molar-refractivity contribution is -0.123. The molecule has 3 N–H and O–H groups in total. The number of hydrogen-bond acceptors (Lipinski definition) is 3. The Bertz CT molecular complexity index is 1310. The topological polar surface area (TPSA) is 69.6 Å². The van der Waals surface area contributed by atoms with E-state index in [1.807, 2.05) is 6.08 Å². The van der Waals surface area contributed by atoms with Gasteiger partial charge >= 0.3 is 0 Å². The summed E-state index contributed by atoms with van der Waals surface area (Å²) in [5, 5.41) is 23.3. The first-order valence-corrected chi connectivity index (χ1v) is 36.5. The first-order chi connectivity index (χ1) is 39.7. The fourth-order valence-electron chi connectivity index (χ4n) is 11.4. The normalized spacial score (nSPS) is 13.0. The lowest BCUT2D eigenvalue weighted by Gasteiger charge is -2.19. The number of carbonyl (C=O) groups excluding carboxylic acids is 1. The zero-order valence-electron chi connectivity index (χ0n) is 54.4. The first kappa shape index (κ1) is 78.1. The van der Waals surface area contributed by atoms with Crippen molar-refractivity contribution in [3.05, 3.63) is 60.8 Å². The summed E-state index contributed by atoms with van der Waals surface area (Å²) in [4.78, 5) is 12.5. The van der Waals surface area contributed by atoms with E-state index in [9.17, 15) is 15.0 Å². The van der Waals surface area contributed by atoms with Crippen molar-refractivity contribution in [3.63, 3.8) is 0 Å². The smallest absolute Gasteiger partial charge is 0.220 e. The van der Waals surface area contributed by atoms with Crippen LogP contribution in [0.5, 0.6) is 0 Å². The van der Waals surface area contributed by atoms with E-state index in [0.717, 1.165) is 44.9 Å². The molecule has 0 spiro atoms. The largest absolute Gasteiger partial charge is 0.394 e. The molecule has 1 amide bonds. The van der Waals surface area contributed by atoms with E-state index >= 15 is 0 Å². The second-order valence-electron chi connectivity index (χ2n) is 25.0. The third-order valence-electron chi connectivity index (χ3n) is 17.0. The second kappa shape index (κ2) is 71.4. The van der Waals surface area contributed by atoms with Crippen molar-refractivity contribution >= 4 is 5.91 Å². The molecule has 4 nitrogen and oxygen atoms in total. The predicted molar refractivity (Wildman–Crippen MR) is 359 cm³/mol. The van der Waals surface area contributed by atoms with Crippen LogP contribution >= 0.6 is 0 Å². The molecule has 4 heteroatoms. The number of aliphatic hydroxyl groups excluding tert-OH is 2. The molecule has 2 unspecified atom stereocenters. The van der Waals surface area contributed by atoms with Gasteiger partial charge in [0.1, 0.15) is 0 Å². The van der Waals surface area contributed by atoms with E-state index < -0.39 is 12.1 Å². The minimum absolute atomic E-state index is 0.0709. The fourth-order valence-corrected chi connectivity index (χ4v) is 11.4. The Morgan fingerprint density at radius 2 is 0.525 bits per heavy atom. The number of allylic oxidation sites excluding steroid dienone is 9. The number of unbranched alkanes of at least 4 members (excludes halogenated alkanes) is 53. The zero-order chi connectivity index (χ0) is 57.6. The first-order valence-electron chi connectivity index (χ1n) is 36.5. The van der Waals surface area contributed by atoms with Crippen LogP contribution in [0.1, 0.15) is 399 Å². The van der Waals surface area contributed by atoms with E-state index in [2.05, 4.69) is 67.8 Å². The van der Waals surface area contributed by atoms with E-state index in [1.165, 1.54) is 334 Å². The fraction of sp³-hybridized carbons (Fsp3) is 0.855. The average Bonchev–Trinajstić information content (AvgIpc) is 3.46. The molecule has 0 saturated carbocycles. The van der Waals surface area contributed by atoms with E-state index in [4.69, 9.17) is 0 Å². The van der Waals surface area contributed by atoms with Gasteiger partial charge in [-0.25, -0.2) is 0 Å². The Labute approximate surface area is 502 Å². The molecule has 0 fully saturated rings. The molecule has 0 saturated heterocycles. The van der Waals surface area contributed by atoms with Crippen molar-refractivity contribution in [3.8, 4) is 0 Å². The Hall–Kier alpha value is -1.91. The molecule has 0 aliphatic heterocycles. The van der Waals surface area contributed by atoms with Crippen molar-refractivity contribution in [2.24, 2.45) is 0 Å². The Morgan fingerprint density at radius 1 is 0.300 bits per heavy atom. The lowest BCUT2D eigenvalue weighted by Crippen LogP contribution is -2.45. The van der Waals surface area contributed by atoms with Gasteiger partial charge < -0.3 is 15.5 Å². The molecule has 0 aliphatic carbocycles. The quantitative estimate of drug-likeness (QED) is 0.0420. The summed E-state index contributed by atoms with van der Waals surface area (Å²) in [6, 6.07) is -0.648. The van der Waals surface area contributed by atoms with Gasteiger partial charge in [-0.3, -0.25) is 4.79 Å². The van der Waals surface area contributed by atoms with Crippen molar-refractivity contribution in [2.75, 3.05) is 6.61 Å². The Balaban J connectivity index is 3.46. The van der Waals surface area contributed by atoms with Gasteiger partial charge in [0.15, 0.2) is 0 Å². The third kappa shape index (κ3) is 66.9. The highest BCUT2D eigenvalue weighted by molar-refractivity contribution is 5.76. The van der Waals surface area contributed by atoms with E-state index in [0.29, 0.717) is 6.42 Å². The summed E-state index contributed by atoms with van der Waals surface area (Å²) in [5.41, 5.74) is 0. The molecule has 0 radical (unpaired) electrons. The highest BCUT2D eigenvalue weighted by Gasteiger charge is 2.18. The average molecular weight is 1120 g/mol. The molecule has 2 atom stereocenters. The van der Waals surface area contributed by atoms with Gasteiger partial charge in [-0.2, -0.15) is 0 Å². The van der Waals surface area contributed by atoms with Crippen molar-refractivity contribution < 1.29 is 15.0 Å². The van der Waals surface area contributed by atoms with Gasteiger partial charge in [-0.05, 0) is 77.0 Å². The van der Waals surface area contributed by atoms with Crippen molar-refractivity contribution in [1.82, 2.24) is 5.32 Å². The molecule has 80 heavy (non-hydrogen) atoms. The maximum atomic E-state index is 12.5. The SMILES string of the molecule is CCCCCCC/C=C\C/C=C\CCCCCCCCCCCCCCCCCCCCCCCCCCCC(=O)NC(CO)C(O)/C=C/CC/C=C/CC/C=C/CCCCCCCCCCCCCCCCCCCCCCC. The Kier molecular flexibility index (Phi) is 69.6. The monoisotopic (exact) mass is 1120 g/mol. The van der Waals surface area contributed by atoms with Crippen LogP contribution in [0.2, 0.25) is 0 Å². The number of carbonyl (C=O) groups is 1. The molecule has 470 valence electrons. The van der Waals surface area contributed by atoms with Gasteiger partial charge in [-0.1, -0.05) is 376 Å². The van der Waals surface area contributed by atoms with Crippen molar-refractivity contribution in [1.29, 1.82) is 0 Å². The predicted octanol–water partition coefficient (Wildman–Crippen LogP) is 25.1. The van der Waals surface area contributed by atoms with Crippen molar-refractivity contribution in [2.45, 2.75) is 411 Å². The summed E-state index contributed by atoms with van der Waals surface area (Å²) in [6.07, 6.45) is 102. The maximum absolute atomic E-state index is 12.5. The zero-order valence-corrected chi connectivity index (χ0v) is 54.4. The van der Waals surface area contributed by atoms with Gasteiger partial charge in [0, 0.05) is 6.42 Å². The van der Waals surface area contributed by atoms with Crippen LogP contribution in [0, 0.1) is 0 Å². The molecule has 0 aromatic rings. The number of aliphatic hydroxyl groups is 2. The van der Waals surface area contributed by atoms with Crippen LogP contribution in [0.25, 0.3) is 0 Å². The Morgan fingerprint density at radius 3 is 0.800 bits per heavy atom. The number of rotatable bonds is 68. The molecule has 0 aromatic carbocycles. The minimum atomic E-state index is -0.873. The molecule has 0 bridgehead atoms. The molecular formula is C76H143NO3. The molecule has 0 heterocycles. The summed E-state index contributed by atoms with van der Waals surface area (Å²) in [5.74, 6) is -0.0709. The third-order valence-corrected chi connectivity index (χ3v) is 17.0. The summed E-state index contributed by atoms with van der Waals surface area (Å²) in [7, 11) is 0. The van der Waals surface area contributed by atoms with Crippen LogP contribution in [0.4, 0.5) is 0 Å². The highest BCUT2D eigenvalue weighted by atomic mass is 16.3. The van der Waals surface area contributed by atoms with Crippen LogP contribution in [-0.2, 0) is 4.79 Å². The highest BCUT2D eigenvalue weighted by Crippen LogP contribution is 2.19. The number of nitrogens with one attached hydrogen (secondary N) is 1. The molecular weight excluding hydrogens is 975 g/mol. The van der Waals surface area contributed by atoms with Gasteiger partial charge in [-0.15, -0.1) is 0 Å². The van der Waals surface area contributed by atoms with Crippen LogP contribution in [0.15, 0.2) is 60.8 Å². The van der Waals surface area contributed by atoms with Gasteiger partial charge in [0.2, 0.25) is 5.91 Å². The summed E-state index contributed by atoms with van der Waals surface area (Å²) >= 11 is 0. The van der Waals surface area contributed by atoms with Crippen LogP contribution < -0.4 is 5.32 Å². The van der Waals surface area contributed by atoms with Crippen LogP contribution in [0.3, 0.4) is 0 Å². The van der Waals surface area contributed by atoms with E-state index in [1.54, 1.807) is 6.08 Å². The van der Waals surface area contributed by atoms with Crippen LogP contribution in [-0.4, -0.2) is 34.9 Å². The molecule has 0 aliphatic rings. The lowest BCUT2D eigenvalue weighted by atomic mass is 10.0. The number of amides is 1. The summed E-state index contributed by atoms with van der Waals surface area (Å²) < 4.78 is 0. The molecule has 0 aromatic heterocycles. The standard InChI is InChI=1S/C76H143NO3/c1-3-5-7-9-11-13-15-17-19-21-23-25-27-29-31-33-35-36-37-38-39-40-42-44-46-48-50-52-54-56-58-60-62-64-66-68-70-72-76(80)77-74(73-78)75(79)71-69-67-65-63-61-59-57-55-53-51-49-47-45-43-41-34-32-30-28-26-24-22-20-18-16-14-12-10-8-6-4-2/h15,17,21,23,53,55,61,63,69,71,74-75,78-79H,3-14,16,18-20,22,24-52,54,56-60,62,64-68,70,72-73H2,1-2H3,(H,77,80)/b17-15-,23-21-,55-53+,63-61+,71-69+. The number of hydrogen-bond donors (Lipinski definition) is 3. The van der Waals surface area contributed by atoms with E-state index in [-0.39, 0.29) is 12.5 Å². The maximum Gasteiger partial charge on any atom is 0.220 e. The van der Waals surface area contributed by atoms with Gasteiger partial charge in [0.05, 0.1) is 18.8 Å². The summed E-state index contributed by atoms with van der Waals surface area (Å²) in [6.45, 7) is 4.33.